The third-order valence-electron chi connectivity index (χ3n) is 4.48. The van der Waals surface area contributed by atoms with Gasteiger partial charge in [-0.15, -0.1) is 0 Å². The number of phenolic OH excluding ortho intramolecular Hbond substituents is 1. The lowest BCUT2D eigenvalue weighted by Gasteiger charge is -2.08. The smallest absolute Gasteiger partial charge is 0.343 e. The van der Waals surface area contributed by atoms with Crippen molar-refractivity contribution in [3.05, 3.63) is 53.8 Å². The minimum atomic E-state index is -0.862. The van der Waals surface area contributed by atoms with Gasteiger partial charge in [0.2, 0.25) is 0 Å². The van der Waals surface area contributed by atoms with E-state index in [1.807, 2.05) is 0 Å². The molecule has 4 nitrogen and oxygen atoms in total. The SMILES string of the molecule is CCCCCCCCCCOc1ccc(OC(=O)c2ccc(O)c(F)c2)cc1. The standard InChI is InChI=1S/C23H29FO4/c1-2-3-4-5-6-7-8-9-16-27-19-11-13-20(14-12-19)28-23(26)18-10-15-22(25)21(24)17-18/h10-15,17,25H,2-9,16H2,1H3. The Hall–Kier alpha value is -2.56. The molecule has 0 aromatic heterocycles. The van der Waals surface area contributed by atoms with E-state index in [1.165, 1.54) is 51.0 Å². The molecule has 2 rings (SSSR count). The summed E-state index contributed by atoms with van der Waals surface area (Å²) in [6, 6.07) is 10.1. The number of carbonyl (C=O) groups excluding carboxylic acids is 1. The van der Waals surface area contributed by atoms with Crippen LogP contribution in [0.5, 0.6) is 17.2 Å². The number of rotatable bonds is 12. The number of halogens is 1. The molecule has 0 aliphatic heterocycles. The third-order valence-corrected chi connectivity index (χ3v) is 4.48. The molecule has 0 unspecified atom stereocenters. The van der Waals surface area contributed by atoms with Crippen molar-refractivity contribution in [3.8, 4) is 17.2 Å². The molecular formula is C23H29FO4. The number of phenols is 1. The Labute approximate surface area is 166 Å². The number of hydrogen-bond acceptors (Lipinski definition) is 4. The molecule has 0 bridgehead atoms. The highest BCUT2D eigenvalue weighted by Gasteiger charge is 2.11. The highest BCUT2D eigenvalue weighted by molar-refractivity contribution is 5.91. The van der Waals surface area contributed by atoms with E-state index in [9.17, 15) is 9.18 Å². The summed E-state index contributed by atoms with van der Waals surface area (Å²) in [6.07, 6.45) is 10.0. The Morgan fingerprint density at radius 2 is 1.50 bits per heavy atom. The number of carbonyl (C=O) groups is 1. The average molecular weight is 388 g/mol. The van der Waals surface area contributed by atoms with Gasteiger partial charge in [-0.3, -0.25) is 0 Å². The molecule has 0 saturated heterocycles. The first-order chi connectivity index (χ1) is 13.6. The maximum atomic E-state index is 13.3. The van der Waals surface area contributed by atoms with Crippen molar-refractivity contribution in [2.75, 3.05) is 6.61 Å². The first-order valence-electron chi connectivity index (χ1n) is 10.0. The van der Waals surface area contributed by atoms with Crippen molar-refractivity contribution in [2.45, 2.75) is 58.3 Å². The Balaban J connectivity index is 1.67. The lowest BCUT2D eigenvalue weighted by molar-refractivity contribution is 0.0734. The van der Waals surface area contributed by atoms with E-state index in [-0.39, 0.29) is 5.56 Å². The molecule has 152 valence electrons. The fraction of sp³-hybridized carbons (Fsp3) is 0.435. The van der Waals surface area contributed by atoms with E-state index < -0.39 is 17.5 Å². The molecule has 0 saturated carbocycles. The van der Waals surface area contributed by atoms with Crippen LogP contribution in [-0.4, -0.2) is 17.7 Å². The summed E-state index contributed by atoms with van der Waals surface area (Å²) in [4.78, 5) is 12.0. The summed E-state index contributed by atoms with van der Waals surface area (Å²) in [7, 11) is 0. The number of esters is 1. The summed E-state index contributed by atoms with van der Waals surface area (Å²) >= 11 is 0. The van der Waals surface area contributed by atoms with E-state index >= 15 is 0 Å². The van der Waals surface area contributed by atoms with Gasteiger partial charge in [-0.1, -0.05) is 51.9 Å². The van der Waals surface area contributed by atoms with Gasteiger partial charge in [0, 0.05) is 0 Å². The van der Waals surface area contributed by atoms with E-state index in [0.717, 1.165) is 24.3 Å². The second-order valence-electron chi connectivity index (χ2n) is 6.85. The maximum Gasteiger partial charge on any atom is 0.343 e. The lowest BCUT2D eigenvalue weighted by atomic mass is 10.1. The fourth-order valence-electron chi connectivity index (χ4n) is 2.83. The minimum absolute atomic E-state index is 0.0327. The quantitative estimate of drug-likeness (QED) is 0.264. The van der Waals surface area contributed by atoms with Gasteiger partial charge in [-0.2, -0.15) is 0 Å². The lowest BCUT2D eigenvalue weighted by Crippen LogP contribution is -2.08. The first-order valence-corrected chi connectivity index (χ1v) is 10.0. The van der Waals surface area contributed by atoms with E-state index in [0.29, 0.717) is 12.4 Å². The second kappa shape index (κ2) is 12.0. The molecule has 2 aromatic carbocycles. The third kappa shape index (κ3) is 7.59. The molecule has 1 N–H and O–H groups in total. The highest BCUT2D eigenvalue weighted by atomic mass is 19.1. The molecule has 2 aromatic rings. The molecule has 0 aliphatic carbocycles. The largest absolute Gasteiger partial charge is 0.505 e. The molecular weight excluding hydrogens is 359 g/mol. The van der Waals surface area contributed by atoms with E-state index in [4.69, 9.17) is 14.6 Å². The molecule has 0 aliphatic rings. The normalized spacial score (nSPS) is 10.6. The number of unbranched alkanes of at least 4 members (excludes halogenated alkanes) is 7. The Morgan fingerprint density at radius 3 is 2.14 bits per heavy atom. The summed E-state index contributed by atoms with van der Waals surface area (Å²) in [5, 5.41) is 9.17. The van der Waals surface area contributed by atoms with Crippen LogP contribution < -0.4 is 9.47 Å². The molecule has 0 atom stereocenters. The summed E-state index contributed by atoms with van der Waals surface area (Å²) in [6.45, 7) is 2.89. The van der Waals surface area contributed by atoms with Gasteiger partial charge in [0.25, 0.3) is 0 Å². The monoisotopic (exact) mass is 388 g/mol. The van der Waals surface area contributed by atoms with Crippen molar-refractivity contribution in [2.24, 2.45) is 0 Å². The average Bonchev–Trinajstić information content (AvgIpc) is 2.70. The van der Waals surface area contributed by atoms with Crippen molar-refractivity contribution < 1.29 is 23.8 Å². The minimum Gasteiger partial charge on any atom is -0.505 e. The van der Waals surface area contributed by atoms with Crippen LogP contribution in [0.25, 0.3) is 0 Å². The van der Waals surface area contributed by atoms with Crippen molar-refractivity contribution >= 4 is 5.97 Å². The van der Waals surface area contributed by atoms with Crippen LogP contribution in [0.3, 0.4) is 0 Å². The van der Waals surface area contributed by atoms with Crippen molar-refractivity contribution in [1.29, 1.82) is 0 Å². The van der Waals surface area contributed by atoms with Gasteiger partial charge in [0.1, 0.15) is 11.5 Å². The van der Waals surface area contributed by atoms with Crippen LogP contribution in [0.4, 0.5) is 4.39 Å². The van der Waals surface area contributed by atoms with Gasteiger partial charge >= 0.3 is 5.97 Å². The zero-order valence-electron chi connectivity index (χ0n) is 16.5. The predicted octanol–water partition coefficient (Wildman–Crippen LogP) is 6.27. The number of ether oxygens (including phenoxy) is 2. The Morgan fingerprint density at radius 1 is 0.893 bits per heavy atom. The molecule has 0 amide bonds. The van der Waals surface area contributed by atoms with Gasteiger partial charge in [-0.05, 0) is 48.9 Å². The second-order valence-corrected chi connectivity index (χ2v) is 6.85. The zero-order chi connectivity index (χ0) is 20.2. The fourth-order valence-corrected chi connectivity index (χ4v) is 2.83. The van der Waals surface area contributed by atoms with E-state index in [2.05, 4.69) is 6.92 Å². The number of hydrogen-bond donors (Lipinski definition) is 1. The number of benzene rings is 2. The molecule has 0 radical (unpaired) electrons. The van der Waals surface area contributed by atoms with Crippen molar-refractivity contribution in [3.63, 3.8) is 0 Å². The molecule has 0 heterocycles. The molecule has 0 spiro atoms. The van der Waals surface area contributed by atoms with Gasteiger partial charge in [0.15, 0.2) is 11.6 Å². The maximum absolute atomic E-state index is 13.3. The molecule has 0 fully saturated rings. The number of aromatic hydroxyl groups is 1. The zero-order valence-corrected chi connectivity index (χ0v) is 16.5. The first kappa shape index (κ1) is 21.7. The highest BCUT2D eigenvalue weighted by Crippen LogP contribution is 2.21. The van der Waals surface area contributed by atoms with E-state index in [1.54, 1.807) is 24.3 Å². The molecule has 5 heteroatoms. The molecule has 28 heavy (non-hydrogen) atoms. The van der Waals surface area contributed by atoms with Crippen LogP contribution in [0, 0.1) is 5.82 Å². The topological polar surface area (TPSA) is 55.8 Å². The summed E-state index contributed by atoms with van der Waals surface area (Å²) in [5.41, 5.74) is 0.0327. The van der Waals surface area contributed by atoms with Crippen LogP contribution in [0.1, 0.15) is 68.6 Å². The van der Waals surface area contributed by atoms with Gasteiger partial charge < -0.3 is 14.6 Å². The van der Waals surface area contributed by atoms with Crippen LogP contribution in [0.15, 0.2) is 42.5 Å². The van der Waals surface area contributed by atoms with Gasteiger partial charge in [0.05, 0.1) is 12.2 Å². The van der Waals surface area contributed by atoms with Crippen LogP contribution in [0.2, 0.25) is 0 Å². The van der Waals surface area contributed by atoms with Crippen LogP contribution >= 0.6 is 0 Å². The van der Waals surface area contributed by atoms with Crippen LogP contribution in [-0.2, 0) is 0 Å². The summed E-state index contributed by atoms with van der Waals surface area (Å²) < 4.78 is 24.2. The predicted molar refractivity (Wildman–Crippen MR) is 108 cm³/mol. The van der Waals surface area contributed by atoms with Crippen molar-refractivity contribution in [1.82, 2.24) is 0 Å². The summed E-state index contributed by atoms with van der Waals surface area (Å²) in [5.74, 6) is -0.989. The van der Waals surface area contributed by atoms with Gasteiger partial charge in [-0.25, -0.2) is 9.18 Å². The Bertz CT molecular complexity index is 728. The Kier molecular flexibility index (Phi) is 9.32.